The number of benzene rings is 1. The Morgan fingerprint density at radius 2 is 2.12 bits per heavy atom. The molecule has 0 amide bonds. The molecule has 4 nitrogen and oxygen atoms in total. The highest BCUT2D eigenvalue weighted by molar-refractivity contribution is 7.92. The quantitative estimate of drug-likeness (QED) is 0.793. The van der Waals surface area contributed by atoms with Crippen LogP contribution in [-0.2, 0) is 10.0 Å². The molecule has 0 atom stereocenters. The van der Waals surface area contributed by atoms with E-state index in [9.17, 15) is 8.42 Å². The first-order valence-corrected chi connectivity index (χ1v) is 6.99. The highest BCUT2D eigenvalue weighted by Gasteiger charge is 2.05. The summed E-state index contributed by atoms with van der Waals surface area (Å²) in [6, 6.07) is 5.29. The molecular formula is C12H15NO3S. The standard InChI is InChI=1S/C12H15NO3S/c1-10-6-7-12(13-17(2,15)16)11(9-10)5-3-4-8-14/h6-7,9,13-14H,4,8H2,1-2H3. The molecule has 0 aliphatic carbocycles. The van der Waals surface area contributed by atoms with Crippen LogP contribution in [0, 0.1) is 18.8 Å². The van der Waals surface area contributed by atoms with Crippen LogP contribution in [0.15, 0.2) is 18.2 Å². The van der Waals surface area contributed by atoms with Gasteiger partial charge >= 0.3 is 0 Å². The molecular weight excluding hydrogens is 238 g/mol. The summed E-state index contributed by atoms with van der Waals surface area (Å²) in [5.41, 5.74) is 2.07. The van der Waals surface area contributed by atoms with Gasteiger partial charge in [0.15, 0.2) is 0 Å². The zero-order valence-electron chi connectivity index (χ0n) is 9.82. The summed E-state index contributed by atoms with van der Waals surface area (Å²) < 4.78 is 24.7. The summed E-state index contributed by atoms with van der Waals surface area (Å²) in [4.78, 5) is 0. The van der Waals surface area contributed by atoms with Crippen LogP contribution in [0.3, 0.4) is 0 Å². The van der Waals surface area contributed by atoms with Crippen molar-refractivity contribution in [3.8, 4) is 11.8 Å². The van der Waals surface area contributed by atoms with E-state index in [4.69, 9.17) is 5.11 Å². The van der Waals surface area contributed by atoms with E-state index in [1.165, 1.54) is 0 Å². The maximum absolute atomic E-state index is 11.2. The van der Waals surface area contributed by atoms with Crippen LogP contribution in [0.5, 0.6) is 0 Å². The van der Waals surface area contributed by atoms with Crippen molar-refractivity contribution in [3.63, 3.8) is 0 Å². The van der Waals surface area contributed by atoms with Gasteiger partial charge in [-0.15, -0.1) is 0 Å². The molecule has 92 valence electrons. The van der Waals surface area contributed by atoms with Crippen molar-refractivity contribution >= 4 is 15.7 Å². The van der Waals surface area contributed by atoms with Gasteiger partial charge in [0.2, 0.25) is 10.0 Å². The first-order valence-electron chi connectivity index (χ1n) is 5.10. The monoisotopic (exact) mass is 253 g/mol. The molecule has 0 fully saturated rings. The number of aliphatic hydroxyl groups is 1. The van der Waals surface area contributed by atoms with E-state index in [-0.39, 0.29) is 6.61 Å². The number of rotatable bonds is 3. The lowest BCUT2D eigenvalue weighted by Gasteiger charge is -2.07. The van der Waals surface area contributed by atoms with Crippen molar-refractivity contribution in [2.75, 3.05) is 17.6 Å². The van der Waals surface area contributed by atoms with E-state index in [1.54, 1.807) is 12.1 Å². The smallest absolute Gasteiger partial charge is 0.229 e. The molecule has 0 unspecified atom stereocenters. The Morgan fingerprint density at radius 1 is 1.41 bits per heavy atom. The van der Waals surface area contributed by atoms with E-state index >= 15 is 0 Å². The van der Waals surface area contributed by atoms with Crippen LogP contribution in [0.4, 0.5) is 5.69 Å². The Bertz CT molecular complexity index is 553. The molecule has 0 aliphatic heterocycles. The third-order valence-corrected chi connectivity index (χ3v) is 2.52. The number of aryl methyl sites for hydroxylation is 1. The van der Waals surface area contributed by atoms with Gasteiger partial charge in [-0.05, 0) is 24.6 Å². The first kappa shape index (κ1) is 13.6. The van der Waals surface area contributed by atoms with Gasteiger partial charge in [0, 0.05) is 12.0 Å². The molecule has 0 saturated heterocycles. The van der Waals surface area contributed by atoms with Crippen LogP contribution in [0.1, 0.15) is 17.5 Å². The molecule has 0 aromatic heterocycles. The molecule has 5 heteroatoms. The van der Waals surface area contributed by atoms with Crippen LogP contribution in [0.25, 0.3) is 0 Å². The number of nitrogens with one attached hydrogen (secondary N) is 1. The molecule has 2 N–H and O–H groups in total. The summed E-state index contributed by atoms with van der Waals surface area (Å²) in [5.74, 6) is 5.61. The topological polar surface area (TPSA) is 66.4 Å². The van der Waals surface area contributed by atoms with Gasteiger partial charge in [-0.25, -0.2) is 8.42 Å². The van der Waals surface area contributed by atoms with Gasteiger partial charge in [0.1, 0.15) is 0 Å². The second-order valence-electron chi connectivity index (χ2n) is 3.70. The maximum atomic E-state index is 11.2. The Morgan fingerprint density at radius 3 is 2.71 bits per heavy atom. The Labute approximate surface area is 102 Å². The first-order chi connectivity index (χ1) is 7.92. The number of sulfonamides is 1. The van der Waals surface area contributed by atoms with E-state index in [0.29, 0.717) is 17.7 Å². The second kappa shape index (κ2) is 5.71. The Balaban J connectivity index is 3.09. The zero-order chi connectivity index (χ0) is 12.9. The molecule has 0 spiro atoms. The van der Waals surface area contributed by atoms with E-state index in [0.717, 1.165) is 11.8 Å². The van der Waals surface area contributed by atoms with Crippen molar-refractivity contribution in [1.82, 2.24) is 0 Å². The molecule has 0 bridgehead atoms. The lowest BCUT2D eigenvalue weighted by Crippen LogP contribution is -2.10. The SMILES string of the molecule is Cc1ccc(NS(C)(=O)=O)c(C#CCCO)c1. The summed E-state index contributed by atoms with van der Waals surface area (Å²) in [6.45, 7) is 1.90. The minimum Gasteiger partial charge on any atom is -0.395 e. The fraction of sp³-hybridized carbons (Fsp3) is 0.333. The lowest BCUT2D eigenvalue weighted by atomic mass is 10.1. The summed E-state index contributed by atoms with van der Waals surface area (Å²) in [6.07, 6.45) is 1.46. The fourth-order valence-electron chi connectivity index (χ4n) is 1.26. The Kier molecular flexibility index (Phi) is 4.55. The van der Waals surface area contributed by atoms with Crippen molar-refractivity contribution in [2.45, 2.75) is 13.3 Å². The second-order valence-corrected chi connectivity index (χ2v) is 5.45. The van der Waals surface area contributed by atoms with Gasteiger partial charge in [-0.3, -0.25) is 4.72 Å². The number of aliphatic hydroxyl groups excluding tert-OH is 1. The molecule has 17 heavy (non-hydrogen) atoms. The highest BCUT2D eigenvalue weighted by atomic mass is 32.2. The molecule has 0 heterocycles. The van der Waals surface area contributed by atoms with Gasteiger partial charge in [0.25, 0.3) is 0 Å². The van der Waals surface area contributed by atoms with Crippen LogP contribution in [-0.4, -0.2) is 26.4 Å². The van der Waals surface area contributed by atoms with Crippen molar-refractivity contribution in [3.05, 3.63) is 29.3 Å². The summed E-state index contributed by atoms with van der Waals surface area (Å²) >= 11 is 0. The van der Waals surface area contributed by atoms with Gasteiger partial charge < -0.3 is 5.11 Å². The fourth-order valence-corrected chi connectivity index (χ4v) is 1.84. The molecule has 0 radical (unpaired) electrons. The minimum atomic E-state index is -3.31. The average Bonchev–Trinajstić information content (AvgIpc) is 2.20. The maximum Gasteiger partial charge on any atom is 0.229 e. The highest BCUT2D eigenvalue weighted by Crippen LogP contribution is 2.17. The van der Waals surface area contributed by atoms with Crippen LogP contribution >= 0.6 is 0 Å². The van der Waals surface area contributed by atoms with Crippen LogP contribution in [0.2, 0.25) is 0 Å². The molecule has 1 rings (SSSR count). The Hall–Kier alpha value is -1.51. The largest absolute Gasteiger partial charge is 0.395 e. The molecule has 1 aromatic rings. The third-order valence-electron chi connectivity index (χ3n) is 1.93. The van der Waals surface area contributed by atoms with Crippen molar-refractivity contribution in [2.24, 2.45) is 0 Å². The molecule has 0 saturated carbocycles. The number of hydrogen-bond donors (Lipinski definition) is 2. The number of anilines is 1. The third kappa shape index (κ3) is 4.89. The summed E-state index contributed by atoms with van der Waals surface area (Å²) in [5, 5.41) is 8.64. The summed E-state index contributed by atoms with van der Waals surface area (Å²) in [7, 11) is -3.31. The van der Waals surface area contributed by atoms with Gasteiger partial charge in [-0.2, -0.15) is 0 Å². The van der Waals surface area contributed by atoms with Gasteiger partial charge in [-0.1, -0.05) is 17.9 Å². The predicted molar refractivity (Wildman–Crippen MR) is 68.2 cm³/mol. The number of hydrogen-bond acceptors (Lipinski definition) is 3. The van der Waals surface area contributed by atoms with E-state index < -0.39 is 10.0 Å². The van der Waals surface area contributed by atoms with Crippen molar-refractivity contribution < 1.29 is 13.5 Å². The minimum absolute atomic E-state index is 0.00630. The van der Waals surface area contributed by atoms with E-state index in [1.807, 2.05) is 13.0 Å². The zero-order valence-corrected chi connectivity index (χ0v) is 10.6. The predicted octanol–water partition coefficient (Wildman–Crippen LogP) is 1.10. The average molecular weight is 253 g/mol. The molecule has 1 aromatic carbocycles. The lowest BCUT2D eigenvalue weighted by molar-refractivity contribution is 0.305. The van der Waals surface area contributed by atoms with Crippen LogP contribution < -0.4 is 4.72 Å². The van der Waals surface area contributed by atoms with E-state index in [2.05, 4.69) is 16.6 Å². The molecule has 0 aliphatic rings. The van der Waals surface area contributed by atoms with Crippen molar-refractivity contribution in [1.29, 1.82) is 0 Å². The van der Waals surface area contributed by atoms with Gasteiger partial charge in [0.05, 0.1) is 18.6 Å². The normalized spacial score (nSPS) is 10.5.